The molecule has 1 aromatic carbocycles. The van der Waals surface area contributed by atoms with Crippen LogP contribution in [-0.4, -0.2) is 44.1 Å². The van der Waals surface area contributed by atoms with Crippen molar-refractivity contribution in [1.29, 1.82) is 0 Å². The number of amides is 1. The van der Waals surface area contributed by atoms with Crippen LogP contribution in [0.5, 0.6) is 0 Å². The number of benzene rings is 1. The lowest BCUT2D eigenvalue weighted by Crippen LogP contribution is -2.43. The van der Waals surface area contributed by atoms with E-state index in [2.05, 4.69) is 21.6 Å². The van der Waals surface area contributed by atoms with Gasteiger partial charge in [-0.3, -0.25) is 4.79 Å². The molecule has 132 valence electrons. The first-order chi connectivity index (χ1) is 11.4. The van der Waals surface area contributed by atoms with Gasteiger partial charge in [0, 0.05) is 56.3 Å². The number of rotatable bonds is 3. The maximum absolute atomic E-state index is 13.2. The van der Waals surface area contributed by atoms with E-state index in [0.29, 0.717) is 18.4 Å². The number of nitrogens with one attached hydrogen (secondary N) is 2. The molecule has 2 N–H and O–H groups in total. The lowest BCUT2D eigenvalue weighted by atomic mass is 9.92. The number of carbonyl (C=O) groups is 1. The molecule has 0 spiro atoms. The molecule has 0 radical (unpaired) electrons. The van der Waals surface area contributed by atoms with Gasteiger partial charge in [-0.15, -0.1) is 0 Å². The summed E-state index contributed by atoms with van der Waals surface area (Å²) in [5, 5.41) is 6.24. The smallest absolute Gasteiger partial charge is 0.251 e. The maximum Gasteiger partial charge on any atom is 0.251 e. The Hall–Kier alpha value is -1.69. The Kier molecular flexibility index (Phi) is 5.04. The Morgan fingerprint density at radius 3 is 2.54 bits per heavy atom. The Labute approximate surface area is 141 Å². The highest BCUT2D eigenvalue weighted by molar-refractivity contribution is 5.95. The second-order valence-electron chi connectivity index (χ2n) is 6.90. The standard InChI is InChI=1S/C18H25F2N3O/c1-13-10-14(12-16(11-13)23-8-6-21-7-9-23)17(24)22-15-2-4-18(19,20)5-3-15/h10-12,15,21H,2-9H2,1H3,(H,22,24). The highest BCUT2D eigenvalue weighted by atomic mass is 19.3. The van der Waals surface area contributed by atoms with Crippen molar-refractivity contribution in [2.24, 2.45) is 0 Å². The summed E-state index contributed by atoms with van der Waals surface area (Å²) >= 11 is 0. The lowest BCUT2D eigenvalue weighted by molar-refractivity contribution is -0.0399. The summed E-state index contributed by atoms with van der Waals surface area (Å²) in [6, 6.07) is 5.70. The first kappa shape index (κ1) is 17.1. The SMILES string of the molecule is Cc1cc(C(=O)NC2CCC(F)(F)CC2)cc(N2CCNCC2)c1. The number of aryl methyl sites for hydroxylation is 1. The molecule has 2 fully saturated rings. The summed E-state index contributed by atoms with van der Waals surface area (Å²) in [7, 11) is 0. The van der Waals surface area contributed by atoms with Crippen molar-refractivity contribution in [3.8, 4) is 0 Å². The Morgan fingerprint density at radius 2 is 1.88 bits per heavy atom. The molecule has 0 aromatic heterocycles. The summed E-state index contributed by atoms with van der Waals surface area (Å²) < 4.78 is 26.5. The Bertz CT molecular complexity index is 590. The minimum absolute atomic E-state index is 0.141. The zero-order chi connectivity index (χ0) is 17.2. The molecule has 1 heterocycles. The van der Waals surface area contributed by atoms with Crippen LogP contribution in [0.15, 0.2) is 18.2 Å². The summed E-state index contributed by atoms with van der Waals surface area (Å²) in [6.07, 6.45) is 0.403. The van der Waals surface area contributed by atoms with E-state index in [-0.39, 0.29) is 24.8 Å². The van der Waals surface area contributed by atoms with Crippen LogP contribution in [0, 0.1) is 6.92 Å². The molecule has 2 aliphatic rings. The molecule has 1 saturated heterocycles. The first-order valence-corrected chi connectivity index (χ1v) is 8.69. The summed E-state index contributed by atoms with van der Waals surface area (Å²) in [6.45, 7) is 5.69. The zero-order valence-electron chi connectivity index (χ0n) is 14.1. The van der Waals surface area contributed by atoms with Gasteiger partial charge < -0.3 is 15.5 Å². The van der Waals surface area contributed by atoms with E-state index in [1.165, 1.54) is 0 Å². The Morgan fingerprint density at radius 1 is 1.21 bits per heavy atom. The molecule has 0 bridgehead atoms. The van der Waals surface area contributed by atoms with Crippen LogP contribution in [0.3, 0.4) is 0 Å². The normalized spacial score (nSPS) is 21.5. The van der Waals surface area contributed by atoms with Crippen LogP contribution in [0.4, 0.5) is 14.5 Å². The second-order valence-corrected chi connectivity index (χ2v) is 6.90. The summed E-state index contributed by atoms with van der Waals surface area (Å²) in [5.41, 5.74) is 2.70. The lowest BCUT2D eigenvalue weighted by Gasteiger charge is -2.30. The van der Waals surface area contributed by atoms with Gasteiger partial charge in [0.15, 0.2) is 0 Å². The minimum Gasteiger partial charge on any atom is -0.369 e. The van der Waals surface area contributed by atoms with E-state index in [9.17, 15) is 13.6 Å². The monoisotopic (exact) mass is 337 g/mol. The zero-order valence-corrected chi connectivity index (χ0v) is 14.1. The van der Waals surface area contributed by atoms with Crippen LogP contribution < -0.4 is 15.5 Å². The van der Waals surface area contributed by atoms with Crippen molar-refractivity contribution in [2.75, 3.05) is 31.1 Å². The van der Waals surface area contributed by atoms with Gasteiger partial charge >= 0.3 is 0 Å². The number of nitrogens with zero attached hydrogens (tertiary/aromatic N) is 1. The van der Waals surface area contributed by atoms with Gasteiger partial charge in [0.25, 0.3) is 5.91 Å². The molecule has 1 saturated carbocycles. The van der Waals surface area contributed by atoms with E-state index >= 15 is 0 Å². The van der Waals surface area contributed by atoms with Gasteiger partial charge in [0.05, 0.1) is 0 Å². The summed E-state index contributed by atoms with van der Waals surface area (Å²) in [5.74, 6) is -2.73. The topological polar surface area (TPSA) is 44.4 Å². The Balaban J connectivity index is 1.67. The quantitative estimate of drug-likeness (QED) is 0.891. The molecule has 24 heavy (non-hydrogen) atoms. The van der Waals surface area contributed by atoms with Crippen molar-refractivity contribution >= 4 is 11.6 Å². The highest BCUT2D eigenvalue weighted by Gasteiger charge is 2.35. The van der Waals surface area contributed by atoms with Crippen molar-refractivity contribution in [1.82, 2.24) is 10.6 Å². The summed E-state index contributed by atoms with van der Waals surface area (Å²) in [4.78, 5) is 14.8. The molecule has 1 aliphatic carbocycles. The van der Waals surface area contributed by atoms with Gasteiger partial charge in [0.2, 0.25) is 5.92 Å². The average Bonchev–Trinajstić information content (AvgIpc) is 2.57. The van der Waals surface area contributed by atoms with Gasteiger partial charge in [-0.2, -0.15) is 0 Å². The van der Waals surface area contributed by atoms with Gasteiger partial charge in [-0.25, -0.2) is 8.78 Å². The van der Waals surface area contributed by atoms with E-state index in [0.717, 1.165) is 37.4 Å². The number of hydrogen-bond acceptors (Lipinski definition) is 3. The van der Waals surface area contributed by atoms with Crippen LogP contribution in [-0.2, 0) is 0 Å². The molecule has 3 rings (SSSR count). The number of alkyl halides is 2. The average molecular weight is 337 g/mol. The van der Waals surface area contributed by atoms with Crippen molar-refractivity contribution in [3.63, 3.8) is 0 Å². The third-order valence-electron chi connectivity index (χ3n) is 4.86. The highest BCUT2D eigenvalue weighted by Crippen LogP contribution is 2.33. The fraction of sp³-hybridized carbons (Fsp3) is 0.611. The van der Waals surface area contributed by atoms with Crippen molar-refractivity contribution in [3.05, 3.63) is 29.3 Å². The van der Waals surface area contributed by atoms with E-state index in [1.54, 1.807) is 0 Å². The van der Waals surface area contributed by atoms with Crippen LogP contribution in [0.25, 0.3) is 0 Å². The molecule has 6 heteroatoms. The van der Waals surface area contributed by atoms with E-state index in [1.807, 2.05) is 19.1 Å². The van der Waals surface area contributed by atoms with Crippen molar-refractivity contribution in [2.45, 2.75) is 44.6 Å². The first-order valence-electron chi connectivity index (χ1n) is 8.69. The molecule has 1 aliphatic heterocycles. The van der Waals surface area contributed by atoms with Gasteiger partial charge in [0.1, 0.15) is 0 Å². The number of anilines is 1. The molecular formula is C18H25F2N3O. The predicted octanol–water partition coefficient (Wildman–Crippen LogP) is 2.71. The second kappa shape index (κ2) is 7.05. The predicted molar refractivity (Wildman–Crippen MR) is 90.9 cm³/mol. The van der Waals surface area contributed by atoms with Crippen molar-refractivity contribution < 1.29 is 13.6 Å². The largest absolute Gasteiger partial charge is 0.369 e. The fourth-order valence-corrected chi connectivity index (χ4v) is 3.45. The third-order valence-corrected chi connectivity index (χ3v) is 4.86. The maximum atomic E-state index is 13.2. The molecule has 1 aromatic rings. The van der Waals surface area contributed by atoms with Crippen LogP contribution in [0.1, 0.15) is 41.6 Å². The van der Waals surface area contributed by atoms with E-state index in [4.69, 9.17) is 0 Å². The van der Waals surface area contributed by atoms with Crippen LogP contribution >= 0.6 is 0 Å². The minimum atomic E-state index is -2.57. The fourth-order valence-electron chi connectivity index (χ4n) is 3.45. The molecule has 1 amide bonds. The van der Waals surface area contributed by atoms with Gasteiger partial charge in [-0.1, -0.05) is 0 Å². The number of piperazine rings is 1. The van der Waals surface area contributed by atoms with Crippen LogP contribution in [0.2, 0.25) is 0 Å². The molecule has 4 nitrogen and oxygen atoms in total. The molecule has 0 atom stereocenters. The van der Waals surface area contributed by atoms with E-state index < -0.39 is 5.92 Å². The number of halogens is 2. The third kappa shape index (κ3) is 4.23. The number of carbonyl (C=O) groups excluding carboxylic acids is 1. The molecular weight excluding hydrogens is 312 g/mol. The number of hydrogen-bond donors (Lipinski definition) is 2. The molecule has 0 unspecified atom stereocenters. The van der Waals surface area contributed by atoms with Gasteiger partial charge in [-0.05, 0) is 43.5 Å².